The molecule has 6 nitrogen and oxygen atoms in total. The van der Waals surface area contributed by atoms with E-state index in [0.29, 0.717) is 34.7 Å². The summed E-state index contributed by atoms with van der Waals surface area (Å²) in [6.45, 7) is 3.04. The number of rotatable bonds is 10. The number of ether oxygens (including phenoxy) is 1. The van der Waals surface area contributed by atoms with Gasteiger partial charge in [0, 0.05) is 17.3 Å². The zero-order chi connectivity index (χ0) is 25.5. The smallest absolute Gasteiger partial charge is 0.256 e. The second kappa shape index (κ2) is 12.0. The van der Waals surface area contributed by atoms with Crippen LogP contribution in [-0.4, -0.2) is 41.0 Å². The Morgan fingerprint density at radius 2 is 1.72 bits per heavy atom. The van der Waals surface area contributed by atoms with Crippen molar-refractivity contribution in [3.05, 3.63) is 89.4 Å². The van der Waals surface area contributed by atoms with Gasteiger partial charge in [0.1, 0.15) is 11.8 Å². The average Bonchev–Trinajstić information content (AvgIpc) is 3.10. The highest BCUT2D eigenvalue weighted by molar-refractivity contribution is 7.80. The van der Waals surface area contributed by atoms with Gasteiger partial charge in [-0.3, -0.25) is 14.5 Å². The summed E-state index contributed by atoms with van der Waals surface area (Å²) in [7, 11) is 0. The molecule has 3 aromatic rings. The van der Waals surface area contributed by atoms with Crippen molar-refractivity contribution in [2.45, 2.75) is 32.2 Å². The Labute approximate surface area is 221 Å². The molecular formula is C28H28ClN3O3S. The van der Waals surface area contributed by atoms with Gasteiger partial charge in [-0.05, 0) is 86.1 Å². The first kappa shape index (κ1) is 25.7. The van der Waals surface area contributed by atoms with Gasteiger partial charge >= 0.3 is 0 Å². The Morgan fingerprint density at radius 1 is 1.03 bits per heavy atom. The predicted molar refractivity (Wildman–Crippen MR) is 148 cm³/mol. The minimum Gasteiger partial charge on any atom is -0.494 e. The lowest BCUT2D eigenvalue weighted by atomic mass is 10.1. The van der Waals surface area contributed by atoms with Gasteiger partial charge in [0.05, 0.1) is 18.7 Å². The molecule has 0 bridgehead atoms. The largest absolute Gasteiger partial charge is 0.494 e. The second-order valence-electron chi connectivity index (χ2n) is 8.44. The van der Waals surface area contributed by atoms with Crippen LogP contribution in [0, 0.1) is 0 Å². The zero-order valence-electron chi connectivity index (χ0n) is 20.0. The van der Waals surface area contributed by atoms with Crippen LogP contribution in [0.3, 0.4) is 0 Å². The van der Waals surface area contributed by atoms with Crippen molar-refractivity contribution in [3.63, 3.8) is 0 Å². The molecule has 0 aliphatic carbocycles. The summed E-state index contributed by atoms with van der Waals surface area (Å²) in [6.07, 6.45) is 1.63. The van der Waals surface area contributed by atoms with Crippen LogP contribution in [0.2, 0.25) is 5.02 Å². The number of carbonyl (C=O) groups is 2. The molecule has 3 aromatic carbocycles. The van der Waals surface area contributed by atoms with E-state index in [1.54, 1.807) is 48.5 Å². The molecule has 0 spiro atoms. The van der Waals surface area contributed by atoms with E-state index in [4.69, 9.17) is 28.6 Å². The van der Waals surface area contributed by atoms with Gasteiger partial charge in [0.2, 0.25) is 5.91 Å². The predicted octanol–water partition coefficient (Wildman–Crippen LogP) is 5.70. The summed E-state index contributed by atoms with van der Waals surface area (Å²) in [4.78, 5) is 29.8. The highest BCUT2D eigenvalue weighted by Gasteiger charge is 2.43. The number of hydrogen-bond donors (Lipinski definition) is 1. The van der Waals surface area contributed by atoms with Crippen molar-refractivity contribution in [2.24, 2.45) is 0 Å². The maximum atomic E-state index is 13.5. The fraction of sp³-hybridized carbons (Fsp3) is 0.250. The van der Waals surface area contributed by atoms with Gasteiger partial charge < -0.3 is 15.0 Å². The van der Waals surface area contributed by atoms with Crippen LogP contribution in [0.15, 0.2) is 78.9 Å². The van der Waals surface area contributed by atoms with E-state index in [1.165, 1.54) is 10.5 Å². The van der Waals surface area contributed by atoms with Crippen LogP contribution in [0.1, 0.15) is 25.3 Å². The average molecular weight is 522 g/mol. The number of halogens is 1. The minimum atomic E-state index is -0.688. The number of nitrogens with one attached hydrogen (secondary N) is 1. The van der Waals surface area contributed by atoms with Crippen LogP contribution in [-0.2, 0) is 16.0 Å². The maximum absolute atomic E-state index is 13.5. The van der Waals surface area contributed by atoms with E-state index in [0.717, 1.165) is 18.6 Å². The summed E-state index contributed by atoms with van der Waals surface area (Å²) in [5.74, 6) is 0.255. The summed E-state index contributed by atoms with van der Waals surface area (Å²) < 4.78 is 5.45. The van der Waals surface area contributed by atoms with Crippen molar-refractivity contribution in [1.82, 2.24) is 4.90 Å². The maximum Gasteiger partial charge on any atom is 0.256 e. The standard InChI is InChI=1S/C28H28ClN3O3S/c1-2-35-24-16-12-22(13-17-24)30-26(33)19-25-27(34)32(23-14-10-21(29)11-15-23)28(36)31(25)18-6-9-20-7-4-3-5-8-20/h3-5,7-8,10-17,25H,2,6,9,18-19H2,1H3,(H,30,33). The Balaban J connectivity index is 1.48. The Kier molecular flexibility index (Phi) is 8.57. The third-order valence-corrected chi connectivity index (χ3v) is 6.61. The fourth-order valence-corrected chi connectivity index (χ4v) is 4.74. The molecule has 1 heterocycles. The molecule has 36 heavy (non-hydrogen) atoms. The Bertz CT molecular complexity index is 1200. The number of benzene rings is 3. The molecule has 0 aromatic heterocycles. The molecule has 1 aliphatic heterocycles. The molecule has 0 radical (unpaired) electrons. The van der Waals surface area contributed by atoms with Gasteiger partial charge in [0.15, 0.2) is 5.11 Å². The van der Waals surface area contributed by atoms with Crippen molar-refractivity contribution in [3.8, 4) is 5.75 Å². The van der Waals surface area contributed by atoms with Crippen molar-refractivity contribution < 1.29 is 14.3 Å². The van der Waals surface area contributed by atoms with Gasteiger partial charge in [-0.2, -0.15) is 0 Å². The molecule has 1 unspecified atom stereocenters. The molecule has 4 rings (SSSR count). The Morgan fingerprint density at radius 3 is 2.39 bits per heavy atom. The number of hydrogen-bond acceptors (Lipinski definition) is 4. The molecule has 0 saturated carbocycles. The third-order valence-electron chi connectivity index (χ3n) is 5.94. The van der Waals surface area contributed by atoms with Crippen LogP contribution in [0.4, 0.5) is 11.4 Å². The second-order valence-corrected chi connectivity index (χ2v) is 9.24. The van der Waals surface area contributed by atoms with Gasteiger partial charge in [-0.1, -0.05) is 41.9 Å². The van der Waals surface area contributed by atoms with Gasteiger partial charge in [-0.25, -0.2) is 0 Å². The van der Waals surface area contributed by atoms with Crippen molar-refractivity contribution >= 4 is 52.1 Å². The number of aryl methyl sites for hydroxylation is 1. The lowest BCUT2D eigenvalue weighted by molar-refractivity contribution is -0.124. The topological polar surface area (TPSA) is 61.9 Å². The van der Waals surface area contributed by atoms with E-state index in [1.807, 2.05) is 30.0 Å². The van der Waals surface area contributed by atoms with Gasteiger partial charge in [-0.15, -0.1) is 0 Å². The van der Waals surface area contributed by atoms with E-state index in [9.17, 15) is 9.59 Å². The monoisotopic (exact) mass is 521 g/mol. The first-order valence-corrected chi connectivity index (χ1v) is 12.7. The summed E-state index contributed by atoms with van der Waals surface area (Å²) >= 11 is 11.8. The molecule has 2 amide bonds. The third kappa shape index (κ3) is 6.22. The molecule has 1 saturated heterocycles. The van der Waals surface area contributed by atoms with E-state index < -0.39 is 6.04 Å². The van der Waals surface area contributed by atoms with Crippen LogP contribution in [0.25, 0.3) is 0 Å². The van der Waals surface area contributed by atoms with Crippen LogP contribution < -0.4 is 15.0 Å². The Hall–Kier alpha value is -3.42. The quantitative estimate of drug-likeness (QED) is 0.347. The van der Waals surface area contributed by atoms with E-state index in [2.05, 4.69) is 17.4 Å². The number of anilines is 2. The summed E-state index contributed by atoms with van der Waals surface area (Å²) in [5, 5.41) is 3.85. The number of carbonyl (C=O) groups excluding carboxylic acids is 2. The molecule has 1 aliphatic rings. The SMILES string of the molecule is CCOc1ccc(NC(=O)CC2C(=O)N(c3ccc(Cl)cc3)C(=S)N2CCCc2ccccc2)cc1. The highest BCUT2D eigenvalue weighted by atomic mass is 35.5. The first-order chi connectivity index (χ1) is 17.5. The zero-order valence-corrected chi connectivity index (χ0v) is 21.6. The normalized spacial score (nSPS) is 15.3. The number of amides is 2. The summed E-state index contributed by atoms with van der Waals surface area (Å²) in [5.41, 5.74) is 2.49. The molecule has 1 atom stereocenters. The van der Waals surface area contributed by atoms with Gasteiger partial charge in [0.25, 0.3) is 5.91 Å². The lowest BCUT2D eigenvalue weighted by Crippen LogP contribution is -2.38. The molecule has 186 valence electrons. The number of nitrogens with zero attached hydrogens (tertiary/aromatic N) is 2. The molecule has 8 heteroatoms. The molecular weight excluding hydrogens is 494 g/mol. The fourth-order valence-electron chi connectivity index (χ4n) is 4.20. The van der Waals surface area contributed by atoms with Crippen LogP contribution in [0.5, 0.6) is 5.75 Å². The lowest BCUT2D eigenvalue weighted by Gasteiger charge is -2.24. The minimum absolute atomic E-state index is 0.0123. The van der Waals surface area contributed by atoms with E-state index >= 15 is 0 Å². The number of thiocarbonyl (C=S) groups is 1. The molecule has 1 fully saturated rings. The van der Waals surface area contributed by atoms with Crippen molar-refractivity contribution in [1.29, 1.82) is 0 Å². The first-order valence-electron chi connectivity index (χ1n) is 11.9. The summed E-state index contributed by atoms with van der Waals surface area (Å²) in [6, 6.07) is 23.6. The van der Waals surface area contributed by atoms with E-state index in [-0.39, 0.29) is 18.2 Å². The van der Waals surface area contributed by atoms with Crippen molar-refractivity contribution in [2.75, 3.05) is 23.4 Å². The highest BCUT2D eigenvalue weighted by Crippen LogP contribution is 2.29. The van der Waals surface area contributed by atoms with Crippen LogP contribution >= 0.6 is 23.8 Å². The molecule has 1 N–H and O–H groups in total.